The van der Waals surface area contributed by atoms with Crippen LogP contribution in [0.1, 0.15) is 17.7 Å². The lowest BCUT2D eigenvalue weighted by molar-refractivity contribution is -0.385. The van der Waals surface area contributed by atoms with Gasteiger partial charge in [-0.1, -0.05) is 12.1 Å². The predicted octanol–water partition coefficient (Wildman–Crippen LogP) is 2.53. The number of hydrogen-bond acceptors (Lipinski definition) is 6. The van der Waals surface area contributed by atoms with Crippen molar-refractivity contribution in [1.29, 1.82) is 5.26 Å². The summed E-state index contributed by atoms with van der Waals surface area (Å²) in [6.07, 6.45) is 0.995. The number of benzene rings is 1. The lowest BCUT2D eigenvalue weighted by atomic mass is 10.1. The van der Waals surface area contributed by atoms with E-state index in [1.54, 1.807) is 37.3 Å². The summed E-state index contributed by atoms with van der Waals surface area (Å²) in [6, 6.07) is 9.75. The van der Waals surface area contributed by atoms with Gasteiger partial charge in [-0.05, 0) is 19.1 Å². The third-order valence-corrected chi connectivity index (χ3v) is 2.94. The molecule has 0 aliphatic heterocycles. The molecular weight excluding hydrogens is 300 g/mol. The fourth-order valence-corrected chi connectivity index (χ4v) is 1.82. The smallest absolute Gasteiger partial charge is 0.273 e. The minimum atomic E-state index is -0.523. The number of rotatable bonds is 5. The summed E-state index contributed by atoms with van der Waals surface area (Å²) in [5.41, 5.74) is 3.31. The third-order valence-electron chi connectivity index (χ3n) is 2.94. The van der Waals surface area contributed by atoms with Crippen LogP contribution in [-0.2, 0) is 4.79 Å². The average Bonchev–Trinajstić information content (AvgIpc) is 2.96. The van der Waals surface area contributed by atoms with Crippen LogP contribution in [0.3, 0.4) is 0 Å². The highest BCUT2D eigenvalue weighted by atomic mass is 16.6. The minimum absolute atomic E-state index is 0.0119. The Kier molecular flexibility index (Phi) is 4.84. The zero-order valence-electron chi connectivity index (χ0n) is 12.1. The highest BCUT2D eigenvalue weighted by molar-refractivity contribution is 5.82. The van der Waals surface area contributed by atoms with Crippen LogP contribution in [-0.4, -0.2) is 17.0 Å². The first kappa shape index (κ1) is 15.9. The van der Waals surface area contributed by atoms with Crippen LogP contribution in [0.25, 0.3) is 11.3 Å². The van der Waals surface area contributed by atoms with Crippen molar-refractivity contribution in [2.24, 2.45) is 5.10 Å². The second-order valence-electron chi connectivity index (χ2n) is 4.59. The molecule has 0 aliphatic carbocycles. The van der Waals surface area contributed by atoms with Gasteiger partial charge in [-0.15, -0.1) is 0 Å². The van der Waals surface area contributed by atoms with Gasteiger partial charge in [-0.25, -0.2) is 5.43 Å². The largest absolute Gasteiger partial charge is 0.455 e. The highest BCUT2D eigenvalue weighted by Gasteiger charge is 2.13. The Balaban J connectivity index is 2.15. The summed E-state index contributed by atoms with van der Waals surface area (Å²) in [5, 5.41) is 22.9. The molecule has 0 radical (unpaired) electrons. The average molecular weight is 312 g/mol. The molecule has 2 aromatic rings. The monoisotopic (exact) mass is 312 g/mol. The van der Waals surface area contributed by atoms with E-state index < -0.39 is 10.8 Å². The highest BCUT2D eigenvalue weighted by Crippen LogP contribution is 2.27. The maximum absolute atomic E-state index is 11.1. The quantitative estimate of drug-likeness (QED) is 0.516. The van der Waals surface area contributed by atoms with Gasteiger partial charge in [0.25, 0.3) is 11.6 Å². The molecule has 1 heterocycles. The molecule has 8 heteroatoms. The molecule has 116 valence electrons. The van der Waals surface area contributed by atoms with Crippen molar-refractivity contribution in [2.75, 3.05) is 0 Å². The first-order valence-corrected chi connectivity index (χ1v) is 6.55. The van der Waals surface area contributed by atoms with E-state index in [2.05, 4.69) is 10.5 Å². The van der Waals surface area contributed by atoms with Crippen LogP contribution in [0.2, 0.25) is 0 Å². The summed E-state index contributed by atoms with van der Waals surface area (Å²) >= 11 is 0. The van der Waals surface area contributed by atoms with Crippen LogP contribution in [0, 0.1) is 28.4 Å². The Hall–Kier alpha value is -3.47. The van der Waals surface area contributed by atoms with Gasteiger partial charge in [0, 0.05) is 17.2 Å². The van der Waals surface area contributed by atoms with Crippen LogP contribution < -0.4 is 5.43 Å². The second kappa shape index (κ2) is 7.00. The Morgan fingerprint density at radius 2 is 2.26 bits per heavy atom. The van der Waals surface area contributed by atoms with Crippen molar-refractivity contribution in [2.45, 2.75) is 13.3 Å². The molecular formula is C15H12N4O4. The number of nitrogens with one attached hydrogen (secondary N) is 1. The lowest BCUT2D eigenvalue weighted by Gasteiger charge is -2.00. The molecule has 0 bridgehead atoms. The molecule has 2 rings (SSSR count). The fraction of sp³-hybridized carbons (Fsp3) is 0.133. The van der Waals surface area contributed by atoms with E-state index in [1.165, 1.54) is 12.3 Å². The van der Waals surface area contributed by atoms with Crippen molar-refractivity contribution < 1.29 is 14.1 Å². The van der Waals surface area contributed by atoms with Crippen molar-refractivity contribution in [1.82, 2.24) is 5.43 Å². The van der Waals surface area contributed by atoms with E-state index in [0.29, 0.717) is 22.6 Å². The second-order valence-corrected chi connectivity index (χ2v) is 4.59. The van der Waals surface area contributed by atoms with Crippen molar-refractivity contribution in [3.63, 3.8) is 0 Å². The summed E-state index contributed by atoms with van der Waals surface area (Å²) in [5.74, 6) is 0.281. The first-order valence-electron chi connectivity index (χ1n) is 6.55. The number of aryl methyl sites for hydroxylation is 1. The number of hydrogen-bond donors (Lipinski definition) is 1. The number of nitro benzene ring substituents is 1. The fourth-order valence-electron chi connectivity index (χ4n) is 1.82. The Morgan fingerprint density at radius 1 is 1.48 bits per heavy atom. The number of carbonyl (C=O) groups is 1. The Morgan fingerprint density at radius 3 is 2.96 bits per heavy atom. The summed E-state index contributed by atoms with van der Waals surface area (Å²) in [6.45, 7) is 1.66. The van der Waals surface area contributed by atoms with Gasteiger partial charge < -0.3 is 4.42 Å². The molecule has 1 aromatic heterocycles. The van der Waals surface area contributed by atoms with E-state index in [-0.39, 0.29) is 12.1 Å². The summed E-state index contributed by atoms with van der Waals surface area (Å²) < 4.78 is 5.50. The van der Waals surface area contributed by atoms with Gasteiger partial charge in [0.15, 0.2) is 0 Å². The normalized spacial score (nSPS) is 10.4. The number of nitriles is 1. The molecule has 1 aromatic carbocycles. The predicted molar refractivity (Wildman–Crippen MR) is 81.5 cm³/mol. The number of furan rings is 1. The lowest BCUT2D eigenvalue weighted by Crippen LogP contribution is -2.15. The number of nitro groups is 1. The molecule has 8 nitrogen and oxygen atoms in total. The molecule has 23 heavy (non-hydrogen) atoms. The maximum Gasteiger partial charge on any atom is 0.273 e. The molecule has 0 aliphatic rings. The number of amides is 1. The standard InChI is InChI=1S/C15H12N4O4/c1-10-2-3-11(8-13(10)19(21)22)14-5-4-12(23-14)9-17-18-15(20)6-7-16/h2-5,8-9H,6H2,1H3,(H,18,20)/b17-9+. The zero-order chi connectivity index (χ0) is 16.8. The van der Waals surface area contributed by atoms with Gasteiger partial charge in [-0.3, -0.25) is 14.9 Å². The van der Waals surface area contributed by atoms with Crippen LogP contribution in [0.4, 0.5) is 5.69 Å². The molecule has 0 saturated carbocycles. The summed E-state index contributed by atoms with van der Waals surface area (Å²) in [4.78, 5) is 21.6. The Labute approximate surface area is 131 Å². The Bertz CT molecular complexity index is 817. The first-order chi connectivity index (χ1) is 11.0. The van der Waals surface area contributed by atoms with Gasteiger partial charge in [-0.2, -0.15) is 10.4 Å². The van der Waals surface area contributed by atoms with Crippen molar-refractivity contribution in [3.05, 3.63) is 51.8 Å². The van der Waals surface area contributed by atoms with E-state index in [1.807, 2.05) is 0 Å². The molecule has 0 saturated heterocycles. The van der Waals surface area contributed by atoms with Gasteiger partial charge >= 0.3 is 0 Å². The number of nitrogens with zero attached hydrogens (tertiary/aromatic N) is 3. The van der Waals surface area contributed by atoms with Gasteiger partial charge in [0.2, 0.25) is 0 Å². The van der Waals surface area contributed by atoms with Crippen molar-refractivity contribution in [3.8, 4) is 17.4 Å². The number of carbonyl (C=O) groups excluding carboxylic acids is 1. The van der Waals surface area contributed by atoms with Crippen molar-refractivity contribution >= 4 is 17.8 Å². The third kappa shape index (κ3) is 4.01. The molecule has 1 amide bonds. The molecule has 0 atom stereocenters. The zero-order valence-corrected chi connectivity index (χ0v) is 12.1. The van der Waals surface area contributed by atoms with Gasteiger partial charge in [0.05, 0.1) is 17.2 Å². The molecule has 0 unspecified atom stereocenters. The maximum atomic E-state index is 11.1. The number of hydrazone groups is 1. The van der Waals surface area contributed by atoms with Crippen LogP contribution in [0.5, 0.6) is 0 Å². The van der Waals surface area contributed by atoms with E-state index >= 15 is 0 Å². The van der Waals surface area contributed by atoms with E-state index in [4.69, 9.17) is 9.68 Å². The topological polar surface area (TPSA) is 122 Å². The SMILES string of the molecule is Cc1ccc(-c2ccc(/C=N/NC(=O)CC#N)o2)cc1[N+](=O)[O-]. The molecule has 0 fully saturated rings. The summed E-state index contributed by atoms with van der Waals surface area (Å²) in [7, 11) is 0. The van der Waals surface area contributed by atoms with Gasteiger partial charge in [0.1, 0.15) is 17.9 Å². The van der Waals surface area contributed by atoms with E-state index in [9.17, 15) is 14.9 Å². The molecule has 0 spiro atoms. The van der Waals surface area contributed by atoms with E-state index in [0.717, 1.165) is 0 Å². The molecule has 1 N–H and O–H groups in total. The van der Waals surface area contributed by atoms with Crippen LogP contribution in [0.15, 0.2) is 39.9 Å². The minimum Gasteiger partial charge on any atom is -0.455 e. The van der Waals surface area contributed by atoms with Crippen LogP contribution >= 0.6 is 0 Å².